The van der Waals surface area contributed by atoms with Gasteiger partial charge >= 0.3 is 11.9 Å². The molecule has 0 aliphatic heterocycles. The quantitative estimate of drug-likeness (QED) is 0.145. The van der Waals surface area contributed by atoms with E-state index in [0.29, 0.717) is 35.7 Å². The molecule has 190 valence electrons. The third-order valence-electron chi connectivity index (χ3n) is 4.74. The van der Waals surface area contributed by atoms with Crippen LogP contribution in [0.15, 0.2) is 66.2 Å². The monoisotopic (exact) mass is 531 g/mol. The van der Waals surface area contributed by atoms with Crippen molar-refractivity contribution >= 4 is 35.0 Å². The van der Waals surface area contributed by atoms with Gasteiger partial charge in [-0.25, -0.2) is 0 Å². The molecule has 0 atom stereocenters. The van der Waals surface area contributed by atoms with Gasteiger partial charge in [0.2, 0.25) is 5.75 Å². The highest BCUT2D eigenvalue weighted by Gasteiger charge is 2.33. The number of carbonyl (C=O) groups excluding carboxylic acids is 1. The standard InChI is InChI=1S/C25H17ClF3N3O5/c1-2-36-19-5-3-4-18(13-19)31-24(33)16(14-30)10-15-6-8-22(20(26)11-15)37-23-9-7-17(25(27,28)29)12-21(23)32(34)35/h3-13H,2H2,1H3,(H,31,33)/b16-10-. The van der Waals surface area contributed by atoms with Gasteiger partial charge in [0.25, 0.3) is 5.91 Å². The second-order valence-corrected chi connectivity index (χ2v) is 7.72. The number of benzene rings is 3. The van der Waals surface area contributed by atoms with Crippen molar-refractivity contribution in [2.45, 2.75) is 13.1 Å². The van der Waals surface area contributed by atoms with Crippen molar-refractivity contribution < 1.29 is 32.4 Å². The van der Waals surface area contributed by atoms with Crippen molar-refractivity contribution in [1.82, 2.24) is 0 Å². The number of carbonyl (C=O) groups is 1. The van der Waals surface area contributed by atoms with Crippen LogP contribution < -0.4 is 14.8 Å². The van der Waals surface area contributed by atoms with Crippen molar-refractivity contribution in [1.29, 1.82) is 5.26 Å². The summed E-state index contributed by atoms with van der Waals surface area (Å²) in [6.45, 7) is 2.25. The molecule has 0 radical (unpaired) electrons. The first kappa shape index (κ1) is 27.0. The molecule has 3 rings (SSSR count). The van der Waals surface area contributed by atoms with Gasteiger partial charge in [-0.1, -0.05) is 23.7 Å². The molecule has 1 N–H and O–H groups in total. The molecule has 3 aromatic rings. The number of nitrogens with one attached hydrogen (secondary N) is 1. The molecule has 0 fully saturated rings. The van der Waals surface area contributed by atoms with Crippen LogP contribution in [0, 0.1) is 21.4 Å². The zero-order chi connectivity index (χ0) is 27.2. The Hall–Kier alpha value is -4.56. The Morgan fingerprint density at radius 3 is 2.51 bits per heavy atom. The number of alkyl halides is 3. The molecule has 0 unspecified atom stereocenters. The molecule has 0 aromatic heterocycles. The summed E-state index contributed by atoms with van der Waals surface area (Å²) in [5.41, 5.74) is -1.60. The average Bonchev–Trinajstić information content (AvgIpc) is 2.84. The minimum absolute atomic E-state index is 0.0648. The normalized spacial score (nSPS) is 11.4. The lowest BCUT2D eigenvalue weighted by atomic mass is 10.1. The maximum Gasteiger partial charge on any atom is 0.416 e. The van der Waals surface area contributed by atoms with Crippen LogP contribution in [0.25, 0.3) is 6.08 Å². The molecule has 0 bridgehead atoms. The van der Waals surface area contributed by atoms with Crippen LogP contribution in [-0.2, 0) is 11.0 Å². The van der Waals surface area contributed by atoms with E-state index in [2.05, 4.69) is 5.32 Å². The first-order valence-electron chi connectivity index (χ1n) is 10.5. The molecule has 0 spiro atoms. The number of nitriles is 1. The summed E-state index contributed by atoms with van der Waals surface area (Å²) in [5.74, 6) is -0.682. The Kier molecular flexibility index (Phi) is 8.37. The highest BCUT2D eigenvalue weighted by molar-refractivity contribution is 6.32. The lowest BCUT2D eigenvalue weighted by Crippen LogP contribution is -2.13. The summed E-state index contributed by atoms with van der Waals surface area (Å²) >= 11 is 6.20. The molecular weight excluding hydrogens is 515 g/mol. The second-order valence-electron chi connectivity index (χ2n) is 7.31. The van der Waals surface area contributed by atoms with Crippen LogP contribution in [0.3, 0.4) is 0 Å². The van der Waals surface area contributed by atoms with E-state index in [9.17, 15) is 33.3 Å². The predicted molar refractivity (Wildman–Crippen MR) is 129 cm³/mol. The van der Waals surface area contributed by atoms with Crippen LogP contribution in [0.5, 0.6) is 17.2 Å². The largest absolute Gasteiger partial charge is 0.494 e. The van der Waals surface area contributed by atoms with Gasteiger partial charge in [-0.05, 0) is 55.0 Å². The van der Waals surface area contributed by atoms with E-state index in [1.807, 2.05) is 6.92 Å². The first-order chi connectivity index (χ1) is 17.5. The third kappa shape index (κ3) is 6.99. The number of nitro groups is 1. The van der Waals surface area contributed by atoms with E-state index >= 15 is 0 Å². The SMILES string of the molecule is CCOc1cccc(NC(=O)/C(C#N)=C\c2ccc(Oc3ccc(C(F)(F)F)cc3[N+](=O)[O-])c(Cl)c2)c1. The Bertz CT molecular complexity index is 1420. The molecular formula is C25H17ClF3N3O5. The lowest BCUT2D eigenvalue weighted by molar-refractivity contribution is -0.385. The van der Waals surface area contributed by atoms with E-state index < -0.39 is 34.0 Å². The molecule has 3 aromatic carbocycles. The van der Waals surface area contributed by atoms with Crippen LogP contribution in [0.1, 0.15) is 18.1 Å². The third-order valence-corrected chi connectivity index (χ3v) is 5.03. The highest BCUT2D eigenvalue weighted by Crippen LogP contribution is 2.39. The zero-order valence-electron chi connectivity index (χ0n) is 19.0. The van der Waals surface area contributed by atoms with Crippen LogP contribution >= 0.6 is 11.6 Å². The van der Waals surface area contributed by atoms with Crippen molar-refractivity contribution in [3.05, 3.63) is 92.5 Å². The van der Waals surface area contributed by atoms with Gasteiger partial charge in [0.05, 0.1) is 22.1 Å². The first-order valence-corrected chi connectivity index (χ1v) is 10.9. The number of hydrogen-bond acceptors (Lipinski definition) is 6. The summed E-state index contributed by atoms with van der Waals surface area (Å²) in [5, 5.41) is 23.2. The number of ether oxygens (including phenoxy) is 2. The summed E-state index contributed by atoms with van der Waals surface area (Å²) in [7, 11) is 0. The summed E-state index contributed by atoms with van der Waals surface area (Å²) < 4.78 is 49.5. The van der Waals surface area contributed by atoms with Gasteiger partial charge in [0.1, 0.15) is 23.1 Å². The van der Waals surface area contributed by atoms with Crippen LogP contribution in [0.4, 0.5) is 24.5 Å². The minimum Gasteiger partial charge on any atom is -0.494 e. The second kappa shape index (κ2) is 11.5. The fourth-order valence-corrected chi connectivity index (χ4v) is 3.30. The van der Waals surface area contributed by atoms with E-state index in [-0.39, 0.29) is 16.3 Å². The number of halogens is 4. The van der Waals surface area contributed by atoms with Crippen molar-refractivity contribution in [3.63, 3.8) is 0 Å². The minimum atomic E-state index is -4.77. The Balaban J connectivity index is 1.82. The van der Waals surface area contributed by atoms with Crippen LogP contribution in [-0.4, -0.2) is 17.4 Å². The molecule has 0 aliphatic carbocycles. The zero-order valence-corrected chi connectivity index (χ0v) is 19.8. The van der Waals surface area contributed by atoms with Gasteiger partial charge in [-0.15, -0.1) is 0 Å². The van der Waals surface area contributed by atoms with E-state index in [4.69, 9.17) is 21.1 Å². The number of nitrogens with zero attached hydrogens (tertiary/aromatic N) is 2. The number of nitro benzene ring substituents is 1. The molecule has 0 saturated carbocycles. The lowest BCUT2D eigenvalue weighted by Gasteiger charge is -2.11. The maximum absolute atomic E-state index is 12.9. The Labute approximate surface area is 213 Å². The van der Waals surface area contributed by atoms with Gasteiger partial charge in [-0.3, -0.25) is 14.9 Å². The topological polar surface area (TPSA) is 114 Å². The summed E-state index contributed by atoms with van der Waals surface area (Å²) in [6, 6.07) is 14.3. The summed E-state index contributed by atoms with van der Waals surface area (Å²) in [6.07, 6.45) is -3.51. The number of rotatable bonds is 8. The van der Waals surface area contributed by atoms with Gasteiger partial charge < -0.3 is 14.8 Å². The Morgan fingerprint density at radius 1 is 1.16 bits per heavy atom. The molecule has 0 heterocycles. The molecule has 0 saturated heterocycles. The molecule has 8 nitrogen and oxygen atoms in total. The average molecular weight is 532 g/mol. The van der Waals surface area contributed by atoms with Crippen molar-refractivity contribution in [3.8, 4) is 23.3 Å². The molecule has 0 aliphatic rings. The van der Waals surface area contributed by atoms with Gasteiger partial charge in [0, 0.05) is 17.8 Å². The smallest absolute Gasteiger partial charge is 0.416 e. The number of anilines is 1. The number of amides is 1. The van der Waals surface area contributed by atoms with Crippen molar-refractivity contribution in [2.75, 3.05) is 11.9 Å². The van der Waals surface area contributed by atoms with E-state index in [0.717, 1.165) is 6.07 Å². The fourth-order valence-electron chi connectivity index (χ4n) is 3.07. The van der Waals surface area contributed by atoms with E-state index in [1.54, 1.807) is 30.3 Å². The van der Waals surface area contributed by atoms with Gasteiger partial charge in [-0.2, -0.15) is 18.4 Å². The van der Waals surface area contributed by atoms with E-state index in [1.165, 1.54) is 24.3 Å². The molecule has 1 amide bonds. The summed E-state index contributed by atoms with van der Waals surface area (Å²) in [4.78, 5) is 22.8. The van der Waals surface area contributed by atoms with Crippen molar-refractivity contribution in [2.24, 2.45) is 0 Å². The maximum atomic E-state index is 12.9. The van der Waals surface area contributed by atoms with Crippen LogP contribution in [0.2, 0.25) is 5.02 Å². The Morgan fingerprint density at radius 2 is 1.89 bits per heavy atom. The predicted octanol–water partition coefficient (Wildman–Crippen LogP) is 7.00. The number of hydrogen-bond donors (Lipinski definition) is 1. The van der Waals surface area contributed by atoms with Gasteiger partial charge in [0.15, 0.2) is 0 Å². The molecule has 37 heavy (non-hydrogen) atoms. The fraction of sp³-hybridized carbons (Fsp3) is 0.120. The highest BCUT2D eigenvalue weighted by atomic mass is 35.5. The molecule has 12 heteroatoms.